The topological polar surface area (TPSA) is 68.9 Å². The number of methoxy groups -OCH3 is 1. The minimum Gasteiger partial charge on any atom is -0.382 e. The first-order chi connectivity index (χ1) is 10.3. The fourth-order valence-corrected chi connectivity index (χ4v) is 1.82. The lowest BCUT2D eigenvalue weighted by Gasteiger charge is -2.07. The molecule has 1 aromatic rings. The van der Waals surface area contributed by atoms with Crippen molar-refractivity contribution in [3.63, 3.8) is 0 Å². The van der Waals surface area contributed by atoms with Crippen molar-refractivity contribution in [3.8, 4) is 0 Å². The smallest absolute Gasteiger partial charge is 0.193 e. The number of nitrogens with two attached hydrogens (primary N) is 1. The Kier molecular flexibility index (Phi) is 9.24. The molecule has 0 bridgehead atoms. The Morgan fingerprint density at radius 3 is 2.86 bits per heavy atom. The number of guanidine groups is 1. The van der Waals surface area contributed by atoms with Gasteiger partial charge in [-0.2, -0.15) is 0 Å². The Morgan fingerprint density at radius 1 is 1.24 bits per heavy atom. The van der Waals surface area contributed by atoms with Crippen LogP contribution in [0.3, 0.4) is 0 Å². The van der Waals surface area contributed by atoms with E-state index in [4.69, 9.17) is 15.2 Å². The first kappa shape index (κ1) is 17.5. The second-order valence-corrected chi connectivity index (χ2v) is 4.76. The zero-order chi connectivity index (χ0) is 15.3. The summed E-state index contributed by atoms with van der Waals surface area (Å²) < 4.78 is 10.3. The normalized spacial score (nSPS) is 11.6. The molecule has 118 valence electrons. The first-order valence-corrected chi connectivity index (χ1v) is 7.48. The van der Waals surface area contributed by atoms with Gasteiger partial charge in [-0.15, -0.1) is 0 Å². The van der Waals surface area contributed by atoms with Gasteiger partial charge in [0, 0.05) is 25.9 Å². The molecule has 3 N–H and O–H groups in total. The Labute approximate surface area is 127 Å². The number of aliphatic imine (C=N–C) groups is 1. The summed E-state index contributed by atoms with van der Waals surface area (Å²) in [7, 11) is 1.67. The minimum absolute atomic E-state index is 0.462. The van der Waals surface area contributed by atoms with E-state index < -0.39 is 0 Å². The van der Waals surface area contributed by atoms with E-state index in [9.17, 15) is 0 Å². The van der Waals surface area contributed by atoms with E-state index in [-0.39, 0.29) is 0 Å². The minimum atomic E-state index is 0.462. The summed E-state index contributed by atoms with van der Waals surface area (Å²) >= 11 is 0. The molecule has 0 heterocycles. The third-order valence-electron chi connectivity index (χ3n) is 3.02. The molecule has 0 saturated carbocycles. The van der Waals surface area contributed by atoms with Crippen LogP contribution in [0.4, 0.5) is 5.69 Å². The van der Waals surface area contributed by atoms with Crippen molar-refractivity contribution in [2.24, 2.45) is 10.7 Å². The van der Waals surface area contributed by atoms with Crippen LogP contribution in [0.1, 0.15) is 25.3 Å². The lowest BCUT2D eigenvalue weighted by Crippen LogP contribution is -2.22. The predicted molar refractivity (Wildman–Crippen MR) is 87.9 cm³/mol. The number of anilines is 1. The molecule has 0 radical (unpaired) electrons. The van der Waals surface area contributed by atoms with E-state index in [0.717, 1.165) is 31.6 Å². The van der Waals surface area contributed by atoms with E-state index in [1.807, 2.05) is 12.1 Å². The molecule has 0 atom stereocenters. The van der Waals surface area contributed by atoms with Gasteiger partial charge in [-0.25, -0.2) is 0 Å². The van der Waals surface area contributed by atoms with Gasteiger partial charge in [0.15, 0.2) is 5.96 Å². The number of nitrogens with zero attached hydrogens (tertiary/aromatic N) is 1. The second kappa shape index (κ2) is 11.1. The lowest BCUT2D eigenvalue weighted by atomic mass is 10.1. The van der Waals surface area contributed by atoms with Gasteiger partial charge in [-0.1, -0.05) is 19.1 Å². The zero-order valence-corrected chi connectivity index (χ0v) is 13.1. The first-order valence-electron chi connectivity index (χ1n) is 7.48. The quantitative estimate of drug-likeness (QED) is 0.395. The van der Waals surface area contributed by atoms with E-state index in [1.54, 1.807) is 7.11 Å². The summed E-state index contributed by atoms with van der Waals surface area (Å²) in [5.41, 5.74) is 8.13. The molecule has 0 aliphatic carbocycles. The van der Waals surface area contributed by atoms with E-state index >= 15 is 0 Å². The highest BCUT2D eigenvalue weighted by Gasteiger charge is 1.96. The highest BCUT2D eigenvalue weighted by molar-refractivity contribution is 5.92. The number of aryl methyl sites for hydroxylation is 1. The number of hydrogen-bond acceptors (Lipinski definition) is 3. The maximum atomic E-state index is 5.87. The van der Waals surface area contributed by atoms with Crippen LogP contribution in [0.2, 0.25) is 0 Å². The molecular formula is C16H27N3O2. The fraction of sp³-hybridized carbons (Fsp3) is 0.562. The van der Waals surface area contributed by atoms with Gasteiger partial charge in [0.1, 0.15) is 0 Å². The SMILES string of the molecule is CCc1cccc(NC(N)=NCCCCOCCOC)c1. The van der Waals surface area contributed by atoms with Gasteiger partial charge < -0.3 is 20.5 Å². The van der Waals surface area contributed by atoms with E-state index in [1.165, 1.54) is 5.56 Å². The summed E-state index contributed by atoms with van der Waals surface area (Å²) in [6, 6.07) is 8.20. The molecule has 0 aliphatic heterocycles. The number of unbranched alkanes of at least 4 members (excludes halogenated alkanes) is 1. The van der Waals surface area contributed by atoms with Crippen molar-refractivity contribution < 1.29 is 9.47 Å². The number of rotatable bonds is 10. The van der Waals surface area contributed by atoms with Crippen LogP contribution in [0.5, 0.6) is 0 Å². The molecule has 0 aromatic heterocycles. The number of nitrogens with one attached hydrogen (secondary N) is 1. The maximum Gasteiger partial charge on any atom is 0.193 e. The molecule has 0 spiro atoms. The van der Waals surface area contributed by atoms with Crippen molar-refractivity contribution in [1.82, 2.24) is 0 Å². The number of hydrogen-bond donors (Lipinski definition) is 2. The van der Waals surface area contributed by atoms with Crippen LogP contribution >= 0.6 is 0 Å². The van der Waals surface area contributed by atoms with Crippen LogP contribution in [0.25, 0.3) is 0 Å². The summed E-state index contributed by atoms with van der Waals surface area (Å²) in [6.07, 6.45) is 2.95. The van der Waals surface area contributed by atoms with Gasteiger partial charge >= 0.3 is 0 Å². The Bertz CT molecular complexity index is 422. The van der Waals surface area contributed by atoms with Gasteiger partial charge in [-0.3, -0.25) is 4.99 Å². The largest absolute Gasteiger partial charge is 0.382 e. The number of ether oxygens (including phenoxy) is 2. The Hall–Kier alpha value is -1.59. The maximum absolute atomic E-state index is 5.87. The van der Waals surface area contributed by atoms with Crippen LogP contribution in [-0.2, 0) is 15.9 Å². The van der Waals surface area contributed by atoms with E-state index in [0.29, 0.717) is 25.7 Å². The van der Waals surface area contributed by atoms with Crippen molar-refractivity contribution in [1.29, 1.82) is 0 Å². The molecule has 21 heavy (non-hydrogen) atoms. The average Bonchev–Trinajstić information content (AvgIpc) is 2.50. The molecule has 0 aliphatic rings. The van der Waals surface area contributed by atoms with Crippen LogP contribution in [-0.4, -0.2) is 39.4 Å². The van der Waals surface area contributed by atoms with Gasteiger partial charge in [0.25, 0.3) is 0 Å². The highest BCUT2D eigenvalue weighted by Crippen LogP contribution is 2.10. The molecule has 5 heteroatoms. The molecule has 0 unspecified atom stereocenters. The van der Waals surface area contributed by atoms with Crippen LogP contribution in [0.15, 0.2) is 29.3 Å². The molecular weight excluding hydrogens is 266 g/mol. The predicted octanol–water partition coefficient (Wildman–Crippen LogP) is 2.42. The zero-order valence-electron chi connectivity index (χ0n) is 13.1. The summed E-state index contributed by atoms with van der Waals surface area (Å²) in [5.74, 6) is 0.462. The Balaban J connectivity index is 2.18. The summed E-state index contributed by atoms with van der Waals surface area (Å²) in [4.78, 5) is 4.31. The Morgan fingerprint density at radius 2 is 2.10 bits per heavy atom. The third-order valence-corrected chi connectivity index (χ3v) is 3.02. The van der Waals surface area contributed by atoms with Crippen molar-refractivity contribution in [2.45, 2.75) is 26.2 Å². The van der Waals surface area contributed by atoms with Crippen molar-refractivity contribution in [2.75, 3.05) is 38.8 Å². The lowest BCUT2D eigenvalue weighted by molar-refractivity contribution is 0.0690. The summed E-state index contributed by atoms with van der Waals surface area (Å²) in [5, 5.41) is 3.12. The molecule has 0 amide bonds. The second-order valence-electron chi connectivity index (χ2n) is 4.76. The molecule has 5 nitrogen and oxygen atoms in total. The standard InChI is InChI=1S/C16H27N3O2/c1-3-14-7-6-8-15(13-14)19-16(17)18-9-4-5-10-21-12-11-20-2/h6-8,13H,3-5,9-12H2,1-2H3,(H3,17,18,19). The van der Waals surface area contributed by atoms with Crippen molar-refractivity contribution in [3.05, 3.63) is 29.8 Å². The van der Waals surface area contributed by atoms with Gasteiger partial charge in [-0.05, 0) is 37.0 Å². The highest BCUT2D eigenvalue weighted by atomic mass is 16.5. The van der Waals surface area contributed by atoms with Crippen molar-refractivity contribution >= 4 is 11.6 Å². The molecule has 1 rings (SSSR count). The third kappa shape index (κ3) is 8.32. The fourth-order valence-electron chi connectivity index (χ4n) is 1.82. The monoisotopic (exact) mass is 293 g/mol. The van der Waals surface area contributed by atoms with E-state index in [2.05, 4.69) is 29.4 Å². The van der Waals surface area contributed by atoms with Gasteiger partial charge in [0.05, 0.1) is 13.2 Å². The van der Waals surface area contributed by atoms with Crippen LogP contribution in [0, 0.1) is 0 Å². The molecule has 0 saturated heterocycles. The number of benzene rings is 1. The average molecular weight is 293 g/mol. The molecule has 0 fully saturated rings. The molecule has 1 aromatic carbocycles. The van der Waals surface area contributed by atoms with Gasteiger partial charge in [0.2, 0.25) is 0 Å². The van der Waals surface area contributed by atoms with Crippen LogP contribution < -0.4 is 11.1 Å². The summed E-state index contributed by atoms with van der Waals surface area (Å²) in [6.45, 7) is 4.87.